The van der Waals surface area contributed by atoms with Crippen LogP contribution in [0.4, 0.5) is 18.9 Å². The number of pyridine rings is 1. The maximum Gasteiger partial charge on any atom is 0.390 e. The molecular formula is C27H29F3N4O4S. The first kappa shape index (κ1) is 28.4. The van der Waals surface area contributed by atoms with Crippen LogP contribution < -0.4 is 9.62 Å². The Labute approximate surface area is 225 Å². The number of aromatic nitrogens is 1. The summed E-state index contributed by atoms with van der Waals surface area (Å²) < 4.78 is 62.2. The second kappa shape index (κ2) is 11.6. The summed E-state index contributed by atoms with van der Waals surface area (Å²) in [5.74, 6) is -2.05. The zero-order chi connectivity index (χ0) is 28.2. The molecule has 1 atom stereocenters. The maximum atomic E-state index is 12.3. The van der Waals surface area contributed by atoms with Crippen molar-refractivity contribution in [3.05, 3.63) is 78.1 Å². The number of nitrogens with one attached hydrogen (secondary N) is 1. The van der Waals surface area contributed by atoms with Crippen LogP contribution in [0.15, 0.2) is 67.0 Å². The first-order chi connectivity index (χ1) is 18.4. The number of aromatic hydroxyl groups is 1. The summed E-state index contributed by atoms with van der Waals surface area (Å²) in [6.07, 6.45) is -3.06. The quantitative estimate of drug-likeness (QED) is 0.421. The van der Waals surface area contributed by atoms with Crippen molar-refractivity contribution in [3.8, 4) is 16.9 Å². The van der Waals surface area contributed by atoms with E-state index in [1.54, 1.807) is 29.1 Å². The number of amides is 1. The van der Waals surface area contributed by atoms with Gasteiger partial charge in [-0.3, -0.25) is 14.7 Å². The van der Waals surface area contributed by atoms with Crippen LogP contribution in [0.1, 0.15) is 35.3 Å². The van der Waals surface area contributed by atoms with Crippen molar-refractivity contribution in [1.82, 2.24) is 14.6 Å². The number of benzene rings is 2. The molecule has 208 valence electrons. The van der Waals surface area contributed by atoms with E-state index in [1.165, 1.54) is 23.9 Å². The molecule has 0 aliphatic carbocycles. The van der Waals surface area contributed by atoms with Gasteiger partial charge in [-0.15, -0.1) is 0 Å². The van der Waals surface area contributed by atoms with Crippen molar-refractivity contribution in [3.63, 3.8) is 0 Å². The first-order valence-corrected chi connectivity index (χ1v) is 14.0. The standard InChI is InChI=1S/C27H29F3N4O4S/c1-19(20-2-4-21(5-3-20)23-16-25(35)18-31-17-23)33-11-13-34(14-12-33)24-8-6-22(7-9-24)26(36)32-39(37,38)15-10-27(28,29)30/h2-9,16-19,35H,10-15H2,1H3,(H,32,36). The fraction of sp³-hybridized carbons (Fsp3) is 0.333. The lowest BCUT2D eigenvalue weighted by Crippen LogP contribution is -2.47. The highest BCUT2D eigenvalue weighted by Gasteiger charge is 2.30. The van der Waals surface area contributed by atoms with Crippen molar-refractivity contribution in [2.24, 2.45) is 0 Å². The van der Waals surface area contributed by atoms with Gasteiger partial charge in [-0.1, -0.05) is 24.3 Å². The number of sulfonamides is 1. The lowest BCUT2D eigenvalue weighted by molar-refractivity contribution is -0.130. The molecule has 4 rings (SSSR count). The number of hydrogen-bond donors (Lipinski definition) is 2. The van der Waals surface area contributed by atoms with Gasteiger partial charge >= 0.3 is 6.18 Å². The van der Waals surface area contributed by atoms with Gasteiger partial charge in [0.05, 0.1) is 18.4 Å². The Hall–Kier alpha value is -3.64. The van der Waals surface area contributed by atoms with Crippen LogP contribution in [0.2, 0.25) is 0 Å². The molecule has 2 heterocycles. The van der Waals surface area contributed by atoms with E-state index in [0.29, 0.717) is 0 Å². The van der Waals surface area contributed by atoms with Crippen LogP contribution in [-0.4, -0.2) is 67.4 Å². The Bertz CT molecular complexity index is 1390. The molecule has 0 radical (unpaired) electrons. The molecule has 1 saturated heterocycles. The average molecular weight is 563 g/mol. The number of hydrogen-bond acceptors (Lipinski definition) is 7. The van der Waals surface area contributed by atoms with Gasteiger partial charge in [-0.05, 0) is 48.4 Å². The van der Waals surface area contributed by atoms with E-state index in [1.807, 2.05) is 12.1 Å². The highest BCUT2D eigenvalue weighted by molar-refractivity contribution is 7.90. The summed E-state index contributed by atoms with van der Waals surface area (Å²) in [6.45, 7) is 5.25. The summed E-state index contributed by atoms with van der Waals surface area (Å²) in [5, 5.41) is 9.67. The lowest BCUT2D eigenvalue weighted by Gasteiger charge is -2.39. The Morgan fingerprint density at radius 1 is 1.00 bits per heavy atom. The van der Waals surface area contributed by atoms with Crippen LogP contribution in [0.5, 0.6) is 5.75 Å². The van der Waals surface area contributed by atoms with Gasteiger partial charge in [0.2, 0.25) is 10.0 Å². The van der Waals surface area contributed by atoms with Crippen molar-refractivity contribution in [2.45, 2.75) is 25.6 Å². The van der Waals surface area contributed by atoms with E-state index in [4.69, 9.17) is 0 Å². The molecule has 1 fully saturated rings. The van der Waals surface area contributed by atoms with Crippen LogP contribution >= 0.6 is 0 Å². The Kier molecular flexibility index (Phi) is 8.45. The summed E-state index contributed by atoms with van der Waals surface area (Å²) >= 11 is 0. The van der Waals surface area contributed by atoms with Crippen molar-refractivity contribution in [1.29, 1.82) is 0 Å². The Morgan fingerprint density at radius 3 is 2.23 bits per heavy atom. The minimum Gasteiger partial charge on any atom is -0.506 e. The Balaban J connectivity index is 1.30. The van der Waals surface area contributed by atoms with Crippen LogP contribution in [0.3, 0.4) is 0 Å². The number of carbonyl (C=O) groups is 1. The molecule has 1 aromatic heterocycles. The van der Waals surface area contributed by atoms with Gasteiger partial charge in [-0.2, -0.15) is 13.2 Å². The third kappa shape index (κ3) is 7.70. The molecule has 1 unspecified atom stereocenters. The SMILES string of the molecule is CC(c1ccc(-c2cncc(O)c2)cc1)N1CCN(c2ccc(C(=O)NS(=O)(=O)CCC(F)(F)F)cc2)CC1. The number of piperazine rings is 1. The molecule has 0 spiro atoms. The molecule has 39 heavy (non-hydrogen) atoms. The maximum absolute atomic E-state index is 12.3. The van der Waals surface area contributed by atoms with Crippen molar-refractivity contribution >= 4 is 21.6 Å². The third-order valence-electron chi connectivity index (χ3n) is 6.71. The zero-order valence-corrected chi connectivity index (χ0v) is 22.0. The van der Waals surface area contributed by atoms with Crippen LogP contribution in [0, 0.1) is 0 Å². The molecule has 1 amide bonds. The van der Waals surface area contributed by atoms with Gasteiger partial charge in [0.25, 0.3) is 5.91 Å². The van der Waals surface area contributed by atoms with E-state index < -0.39 is 34.3 Å². The molecule has 1 aliphatic rings. The van der Waals surface area contributed by atoms with Gasteiger partial charge in [0, 0.05) is 55.2 Å². The van der Waals surface area contributed by atoms with Crippen molar-refractivity contribution < 1.29 is 31.5 Å². The zero-order valence-electron chi connectivity index (χ0n) is 21.2. The smallest absolute Gasteiger partial charge is 0.390 e. The number of nitrogens with zero attached hydrogens (tertiary/aromatic N) is 3. The summed E-state index contributed by atoms with van der Waals surface area (Å²) in [7, 11) is -4.40. The van der Waals surface area contributed by atoms with Crippen molar-refractivity contribution in [2.75, 3.05) is 36.8 Å². The van der Waals surface area contributed by atoms with E-state index in [9.17, 15) is 31.5 Å². The highest BCUT2D eigenvalue weighted by Crippen LogP contribution is 2.28. The fourth-order valence-corrected chi connectivity index (χ4v) is 5.45. The number of carbonyl (C=O) groups excluding carboxylic acids is 1. The van der Waals surface area contributed by atoms with Gasteiger partial charge < -0.3 is 10.0 Å². The number of anilines is 1. The molecule has 1 aliphatic heterocycles. The minimum atomic E-state index is -4.63. The molecule has 12 heteroatoms. The predicted molar refractivity (Wildman–Crippen MR) is 142 cm³/mol. The van der Waals surface area contributed by atoms with E-state index in [-0.39, 0.29) is 17.4 Å². The van der Waals surface area contributed by atoms with E-state index >= 15 is 0 Å². The van der Waals surface area contributed by atoms with Crippen LogP contribution in [-0.2, 0) is 10.0 Å². The van der Waals surface area contributed by atoms with Gasteiger partial charge in [-0.25, -0.2) is 13.1 Å². The predicted octanol–water partition coefficient (Wildman–Crippen LogP) is 4.35. The third-order valence-corrected chi connectivity index (χ3v) is 7.95. The largest absolute Gasteiger partial charge is 0.506 e. The first-order valence-electron chi connectivity index (χ1n) is 12.4. The number of rotatable bonds is 8. The fourth-order valence-electron chi connectivity index (χ4n) is 4.44. The summed E-state index contributed by atoms with van der Waals surface area (Å²) in [5.41, 5.74) is 3.89. The monoisotopic (exact) mass is 562 g/mol. The normalized spacial score (nSPS) is 15.6. The molecule has 0 saturated carbocycles. The molecule has 2 N–H and O–H groups in total. The highest BCUT2D eigenvalue weighted by atomic mass is 32.2. The number of halogens is 3. The Morgan fingerprint density at radius 2 is 1.64 bits per heavy atom. The summed E-state index contributed by atoms with van der Waals surface area (Å²) in [4.78, 5) is 20.8. The number of alkyl halides is 3. The minimum absolute atomic E-state index is 0.0477. The molecule has 8 nitrogen and oxygen atoms in total. The van der Waals surface area contributed by atoms with Gasteiger partial charge in [0.15, 0.2) is 0 Å². The molecular weight excluding hydrogens is 533 g/mol. The molecule has 0 bridgehead atoms. The average Bonchev–Trinajstić information content (AvgIpc) is 2.91. The van der Waals surface area contributed by atoms with E-state index in [2.05, 4.69) is 33.8 Å². The lowest BCUT2D eigenvalue weighted by atomic mass is 10.0. The topological polar surface area (TPSA) is 103 Å². The molecule has 2 aromatic carbocycles. The second-order valence-corrected chi connectivity index (χ2v) is 11.3. The summed E-state index contributed by atoms with van der Waals surface area (Å²) in [6, 6.07) is 16.3. The van der Waals surface area contributed by atoms with E-state index in [0.717, 1.165) is 43.0 Å². The van der Waals surface area contributed by atoms with Gasteiger partial charge in [0.1, 0.15) is 5.75 Å². The molecule has 3 aromatic rings. The van der Waals surface area contributed by atoms with Crippen LogP contribution in [0.25, 0.3) is 11.1 Å². The second-order valence-electron chi connectivity index (χ2n) is 9.41.